The van der Waals surface area contributed by atoms with Crippen LogP contribution in [0.3, 0.4) is 0 Å². The summed E-state index contributed by atoms with van der Waals surface area (Å²) in [6.45, 7) is 4.93. The van der Waals surface area contributed by atoms with Crippen LogP contribution in [0.15, 0.2) is 42.5 Å². The fraction of sp³-hybridized carbons (Fsp3) is 0.316. The zero-order valence-electron chi connectivity index (χ0n) is 13.6. The van der Waals surface area contributed by atoms with Crippen LogP contribution in [0.2, 0.25) is 0 Å². The molecule has 2 aromatic carbocycles. The Morgan fingerprint density at radius 3 is 2.65 bits per heavy atom. The molecule has 0 aliphatic rings. The summed E-state index contributed by atoms with van der Waals surface area (Å²) in [4.78, 5) is 11.7. The highest BCUT2D eigenvalue weighted by molar-refractivity contribution is 5.76. The minimum absolute atomic E-state index is 0.100. The fourth-order valence-electron chi connectivity index (χ4n) is 2.20. The highest BCUT2D eigenvalue weighted by Crippen LogP contribution is 2.16. The summed E-state index contributed by atoms with van der Waals surface area (Å²) in [5.74, 6) is 0.434. The van der Waals surface area contributed by atoms with Crippen molar-refractivity contribution in [2.75, 3.05) is 13.2 Å². The molecular weight excluding hydrogens is 293 g/mol. The zero-order chi connectivity index (χ0) is 16.7. The van der Waals surface area contributed by atoms with Crippen molar-refractivity contribution in [2.45, 2.75) is 26.7 Å². The van der Waals surface area contributed by atoms with Gasteiger partial charge in [-0.1, -0.05) is 24.3 Å². The van der Waals surface area contributed by atoms with Gasteiger partial charge in [0.15, 0.2) is 0 Å². The molecule has 0 saturated heterocycles. The van der Waals surface area contributed by atoms with Crippen molar-refractivity contribution < 1.29 is 13.9 Å². The summed E-state index contributed by atoms with van der Waals surface area (Å²) in [5, 5.41) is 2.78. The minimum atomic E-state index is -0.265. The first-order valence-electron chi connectivity index (χ1n) is 7.76. The average Bonchev–Trinajstić information content (AvgIpc) is 2.54. The lowest BCUT2D eigenvalue weighted by atomic mass is 10.1. The van der Waals surface area contributed by atoms with Crippen LogP contribution in [0.4, 0.5) is 4.39 Å². The number of carbonyl (C=O) groups is 1. The Kier molecular flexibility index (Phi) is 6.15. The number of hydrogen-bond donors (Lipinski definition) is 1. The van der Waals surface area contributed by atoms with Crippen LogP contribution in [0.25, 0.3) is 0 Å². The Hall–Kier alpha value is -2.36. The minimum Gasteiger partial charge on any atom is -0.492 e. The standard InChI is InChI=1S/C19H22FNO2/c1-14-7-9-17(13-15(14)2)23-12-11-21-19(22)10-8-16-5-3-4-6-18(16)20/h3-7,9,13H,8,10-12H2,1-2H3,(H,21,22). The molecule has 2 rings (SSSR count). The van der Waals surface area contributed by atoms with Crippen LogP contribution < -0.4 is 10.1 Å². The highest BCUT2D eigenvalue weighted by atomic mass is 19.1. The molecule has 2 aromatic rings. The fourth-order valence-corrected chi connectivity index (χ4v) is 2.20. The molecular formula is C19H22FNO2. The summed E-state index contributed by atoms with van der Waals surface area (Å²) in [6, 6.07) is 12.4. The summed E-state index contributed by atoms with van der Waals surface area (Å²) in [7, 11) is 0. The van der Waals surface area contributed by atoms with Gasteiger partial charge in [0.05, 0.1) is 6.54 Å². The Morgan fingerprint density at radius 2 is 1.91 bits per heavy atom. The molecule has 0 saturated carbocycles. The number of nitrogens with one attached hydrogen (secondary N) is 1. The molecule has 0 atom stereocenters. The maximum absolute atomic E-state index is 13.4. The van der Waals surface area contributed by atoms with Crippen molar-refractivity contribution in [2.24, 2.45) is 0 Å². The van der Waals surface area contributed by atoms with E-state index in [0.29, 0.717) is 25.1 Å². The van der Waals surface area contributed by atoms with Crippen LogP contribution in [0, 0.1) is 19.7 Å². The number of rotatable bonds is 7. The summed E-state index contributed by atoms with van der Waals surface area (Å²) >= 11 is 0. The van der Waals surface area contributed by atoms with Crippen molar-refractivity contribution >= 4 is 5.91 Å². The van der Waals surface area contributed by atoms with Gasteiger partial charge in [-0.25, -0.2) is 4.39 Å². The quantitative estimate of drug-likeness (QED) is 0.793. The first kappa shape index (κ1) is 17.0. The number of amides is 1. The molecule has 0 aliphatic carbocycles. The van der Waals surface area contributed by atoms with Gasteiger partial charge in [-0.05, 0) is 55.2 Å². The largest absolute Gasteiger partial charge is 0.492 e. The summed E-state index contributed by atoms with van der Waals surface area (Å²) < 4.78 is 19.0. The third kappa shape index (κ3) is 5.40. The Balaban J connectivity index is 1.67. The van der Waals surface area contributed by atoms with E-state index < -0.39 is 0 Å². The number of hydrogen-bond acceptors (Lipinski definition) is 2. The van der Waals surface area contributed by atoms with E-state index in [9.17, 15) is 9.18 Å². The maximum Gasteiger partial charge on any atom is 0.220 e. The van der Waals surface area contributed by atoms with Gasteiger partial charge in [-0.15, -0.1) is 0 Å². The molecule has 0 bridgehead atoms. The van der Waals surface area contributed by atoms with Crippen molar-refractivity contribution in [3.63, 3.8) is 0 Å². The van der Waals surface area contributed by atoms with E-state index in [2.05, 4.69) is 12.2 Å². The van der Waals surface area contributed by atoms with E-state index in [4.69, 9.17) is 4.74 Å². The zero-order valence-corrected chi connectivity index (χ0v) is 13.6. The molecule has 0 fully saturated rings. The lowest BCUT2D eigenvalue weighted by Gasteiger charge is -2.09. The van der Waals surface area contributed by atoms with Gasteiger partial charge in [-0.2, -0.15) is 0 Å². The number of aryl methyl sites for hydroxylation is 3. The second-order valence-electron chi connectivity index (χ2n) is 5.54. The lowest BCUT2D eigenvalue weighted by molar-refractivity contribution is -0.121. The van der Waals surface area contributed by atoms with Crippen molar-refractivity contribution in [3.05, 3.63) is 65.0 Å². The third-order valence-corrected chi connectivity index (χ3v) is 3.75. The smallest absolute Gasteiger partial charge is 0.220 e. The molecule has 4 heteroatoms. The molecule has 0 aliphatic heterocycles. The van der Waals surface area contributed by atoms with Crippen LogP contribution in [-0.4, -0.2) is 19.1 Å². The first-order chi connectivity index (χ1) is 11.1. The number of ether oxygens (including phenoxy) is 1. The third-order valence-electron chi connectivity index (χ3n) is 3.75. The highest BCUT2D eigenvalue weighted by Gasteiger charge is 2.05. The molecule has 0 unspecified atom stereocenters. The molecule has 1 amide bonds. The second-order valence-corrected chi connectivity index (χ2v) is 5.54. The van der Waals surface area contributed by atoms with Gasteiger partial charge in [0.1, 0.15) is 18.2 Å². The lowest BCUT2D eigenvalue weighted by Crippen LogP contribution is -2.28. The van der Waals surface area contributed by atoms with E-state index in [-0.39, 0.29) is 18.1 Å². The van der Waals surface area contributed by atoms with E-state index in [1.54, 1.807) is 18.2 Å². The Bertz CT molecular complexity index is 670. The van der Waals surface area contributed by atoms with Gasteiger partial charge in [0, 0.05) is 6.42 Å². The van der Waals surface area contributed by atoms with E-state index >= 15 is 0 Å². The van der Waals surface area contributed by atoms with Gasteiger partial charge >= 0.3 is 0 Å². The van der Waals surface area contributed by atoms with Gasteiger partial charge in [-0.3, -0.25) is 4.79 Å². The molecule has 0 spiro atoms. The van der Waals surface area contributed by atoms with Crippen LogP contribution >= 0.6 is 0 Å². The number of carbonyl (C=O) groups excluding carboxylic acids is 1. The van der Waals surface area contributed by atoms with E-state index in [0.717, 1.165) is 5.75 Å². The van der Waals surface area contributed by atoms with Gasteiger partial charge in [0.2, 0.25) is 5.91 Å². The van der Waals surface area contributed by atoms with E-state index in [1.807, 2.05) is 25.1 Å². The Morgan fingerprint density at radius 1 is 1.13 bits per heavy atom. The normalized spacial score (nSPS) is 10.4. The van der Waals surface area contributed by atoms with Crippen molar-refractivity contribution in [1.82, 2.24) is 5.32 Å². The van der Waals surface area contributed by atoms with Crippen LogP contribution in [-0.2, 0) is 11.2 Å². The predicted molar refractivity (Wildman–Crippen MR) is 89.1 cm³/mol. The molecule has 3 nitrogen and oxygen atoms in total. The van der Waals surface area contributed by atoms with Gasteiger partial charge < -0.3 is 10.1 Å². The predicted octanol–water partition coefficient (Wildman–Crippen LogP) is 3.57. The number of halogens is 1. The molecule has 1 N–H and O–H groups in total. The first-order valence-corrected chi connectivity index (χ1v) is 7.76. The van der Waals surface area contributed by atoms with Crippen molar-refractivity contribution in [1.29, 1.82) is 0 Å². The Labute approximate surface area is 136 Å². The molecule has 122 valence electrons. The SMILES string of the molecule is Cc1ccc(OCCNC(=O)CCc2ccccc2F)cc1C. The van der Waals surface area contributed by atoms with E-state index in [1.165, 1.54) is 17.2 Å². The maximum atomic E-state index is 13.4. The topological polar surface area (TPSA) is 38.3 Å². The summed E-state index contributed by atoms with van der Waals surface area (Å²) in [5.41, 5.74) is 2.96. The number of benzene rings is 2. The monoisotopic (exact) mass is 315 g/mol. The summed E-state index contributed by atoms with van der Waals surface area (Å²) in [6.07, 6.45) is 0.668. The van der Waals surface area contributed by atoms with Crippen LogP contribution in [0.1, 0.15) is 23.1 Å². The van der Waals surface area contributed by atoms with Crippen molar-refractivity contribution in [3.8, 4) is 5.75 Å². The second kappa shape index (κ2) is 8.32. The molecule has 23 heavy (non-hydrogen) atoms. The molecule has 0 heterocycles. The molecule has 0 aromatic heterocycles. The molecule has 0 radical (unpaired) electrons. The van der Waals surface area contributed by atoms with Gasteiger partial charge in [0.25, 0.3) is 0 Å². The average molecular weight is 315 g/mol. The van der Waals surface area contributed by atoms with Crippen LogP contribution in [0.5, 0.6) is 5.75 Å².